The van der Waals surface area contributed by atoms with Crippen molar-refractivity contribution < 1.29 is 17.9 Å². The summed E-state index contributed by atoms with van der Waals surface area (Å²) in [5.74, 6) is 0.700. The summed E-state index contributed by atoms with van der Waals surface area (Å²) in [6.07, 6.45) is -4.45. The van der Waals surface area contributed by atoms with Crippen LogP contribution in [0.5, 0.6) is 11.5 Å². The Bertz CT molecular complexity index is 698. The van der Waals surface area contributed by atoms with E-state index in [4.69, 9.17) is 4.74 Å². The third-order valence-corrected chi connectivity index (χ3v) is 3.41. The molecule has 1 nitrogen and oxygen atoms in total. The van der Waals surface area contributed by atoms with E-state index < -0.39 is 11.7 Å². The van der Waals surface area contributed by atoms with Crippen LogP contribution in [0.4, 0.5) is 13.2 Å². The lowest BCUT2D eigenvalue weighted by Crippen LogP contribution is -2.11. The molecule has 0 saturated carbocycles. The fourth-order valence-electron chi connectivity index (χ4n) is 2.26. The molecular formula is C20H23F3O. The fraction of sp³-hybridized carbons (Fsp3) is 0.300. The predicted octanol–water partition coefficient (Wildman–Crippen LogP) is 7.17. The van der Waals surface area contributed by atoms with E-state index in [1.54, 1.807) is 25.1 Å². The number of benzene rings is 2. The first kappa shape index (κ1) is 19.8. The zero-order chi connectivity index (χ0) is 18.5. The SMILES string of the molecule is C=C(C)c1ccc(Oc2ccc(C)cc2)c(C)c1C(F)(F)F.CC. The minimum Gasteiger partial charge on any atom is -0.457 e. The third-order valence-electron chi connectivity index (χ3n) is 3.41. The Hall–Kier alpha value is -2.23. The number of halogens is 3. The molecular weight excluding hydrogens is 313 g/mol. The van der Waals surface area contributed by atoms with Crippen LogP contribution in [-0.2, 0) is 6.18 Å². The maximum absolute atomic E-state index is 13.3. The van der Waals surface area contributed by atoms with Gasteiger partial charge in [0, 0.05) is 5.56 Å². The maximum Gasteiger partial charge on any atom is 0.417 e. The van der Waals surface area contributed by atoms with Crippen molar-refractivity contribution in [2.45, 2.75) is 40.8 Å². The topological polar surface area (TPSA) is 9.23 Å². The van der Waals surface area contributed by atoms with E-state index in [1.165, 1.54) is 13.0 Å². The van der Waals surface area contributed by atoms with Crippen molar-refractivity contribution in [3.63, 3.8) is 0 Å². The summed E-state index contributed by atoms with van der Waals surface area (Å²) in [7, 11) is 0. The molecule has 0 aliphatic carbocycles. The molecule has 0 unspecified atom stereocenters. The zero-order valence-corrected chi connectivity index (χ0v) is 14.7. The number of allylic oxidation sites excluding steroid dienone is 1. The molecule has 0 fully saturated rings. The summed E-state index contributed by atoms with van der Waals surface area (Å²) in [4.78, 5) is 0. The van der Waals surface area contributed by atoms with Gasteiger partial charge in [-0.2, -0.15) is 13.2 Å². The number of alkyl halides is 3. The molecule has 0 aliphatic heterocycles. The molecule has 4 heteroatoms. The molecule has 0 radical (unpaired) electrons. The van der Waals surface area contributed by atoms with Gasteiger partial charge in [0.15, 0.2) is 0 Å². The lowest BCUT2D eigenvalue weighted by atomic mass is 9.96. The van der Waals surface area contributed by atoms with E-state index in [0.29, 0.717) is 11.3 Å². The highest BCUT2D eigenvalue weighted by Crippen LogP contribution is 2.41. The van der Waals surface area contributed by atoms with E-state index in [0.717, 1.165) is 5.56 Å². The summed E-state index contributed by atoms with van der Waals surface area (Å²) in [5.41, 5.74) is 0.898. The van der Waals surface area contributed by atoms with Crippen LogP contribution in [0, 0.1) is 13.8 Å². The Labute approximate surface area is 141 Å². The van der Waals surface area contributed by atoms with Crippen molar-refractivity contribution in [3.05, 3.63) is 65.2 Å². The Kier molecular flexibility index (Phi) is 6.64. The lowest BCUT2D eigenvalue weighted by molar-refractivity contribution is -0.138. The van der Waals surface area contributed by atoms with Crippen LogP contribution < -0.4 is 4.74 Å². The molecule has 0 atom stereocenters. The molecule has 2 aromatic carbocycles. The quantitative estimate of drug-likeness (QED) is 0.577. The summed E-state index contributed by atoms with van der Waals surface area (Å²) in [6.45, 7) is 12.5. The summed E-state index contributed by atoms with van der Waals surface area (Å²) in [5, 5.41) is 0. The second-order valence-corrected chi connectivity index (χ2v) is 5.30. The summed E-state index contributed by atoms with van der Waals surface area (Å²) < 4.78 is 45.6. The van der Waals surface area contributed by atoms with E-state index in [2.05, 4.69) is 6.58 Å². The van der Waals surface area contributed by atoms with E-state index in [1.807, 2.05) is 32.9 Å². The smallest absolute Gasteiger partial charge is 0.417 e. The van der Waals surface area contributed by atoms with Crippen LogP contribution >= 0.6 is 0 Å². The second kappa shape index (κ2) is 8.04. The van der Waals surface area contributed by atoms with Crippen molar-refractivity contribution in [1.29, 1.82) is 0 Å². The van der Waals surface area contributed by atoms with Crippen LogP contribution in [0.3, 0.4) is 0 Å². The predicted molar refractivity (Wildman–Crippen MR) is 93.5 cm³/mol. The van der Waals surface area contributed by atoms with Gasteiger partial charge in [0.2, 0.25) is 0 Å². The van der Waals surface area contributed by atoms with Crippen LogP contribution in [0.15, 0.2) is 43.0 Å². The standard InChI is InChI=1S/C18H17F3O.C2H6/c1-11(2)15-9-10-16(13(4)17(15)18(19,20)21)22-14-7-5-12(3)6-8-14;1-2/h5-10H,1H2,2-4H3;1-2H3. The van der Waals surface area contributed by atoms with Gasteiger partial charge in [-0.05, 0) is 44.5 Å². The number of aryl methyl sites for hydroxylation is 1. The molecule has 0 aromatic heterocycles. The zero-order valence-electron chi connectivity index (χ0n) is 14.7. The van der Waals surface area contributed by atoms with Gasteiger partial charge < -0.3 is 4.74 Å². The van der Waals surface area contributed by atoms with E-state index in [9.17, 15) is 13.2 Å². The molecule has 0 spiro atoms. The van der Waals surface area contributed by atoms with E-state index >= 15 is 0 Å². The highest BCUT2D eigenvalue weighted by molar-refractivity contribution is 5.68. The molecule has 24 heavy (non-hydrogen) atoms. The molecule has 0 amide bonds. The maximum atomic E-state index is 13.3. The largest absolute Gasteiger partial charge is 0.457 e. The molecule has 0 N–H and O–H groups in total. The first-order valence-electron chi connectivity index (χ1n) is 7.81. The van der Waals surface area contributed by atoms with Gasteiger partial charge in [-0.3, -0.25) is 0 Å². The minimum atomic E-state index is -4.45. The van der Waals surface area contributed by atoms with Gasteiger partial charge in [-0.1, -0.05) is 49.8 Å². The van der Waals surface area contributed by atoms with Crippen LogP contribution in [0.25, 0.3) is 5.57 Å². The molecule has 0 heterocycles. The number of hydrogen-bond acceptors (Lipinski definition) is 1. The third kappa shape index (κ3) is 4.63. The normalized spacial score (nSPS) is 10.7. The van der Waals surface area contributed by atoms with Gasteiger partial charge in [-0.15, -0.1) is 0 Å². The second-order valence-electron chi connectivity index (χ2n) is 5.30. The average Bonchev–Trinajstić information content (AvgIpc) is 2.51. The monoisotopic (exact) mass is 336 g/mol. The summed E-state index contributed by atoms with van der Waals surface area (Å²) in [6, 6.07) is 10.1. The van der Waals surface area contributed by atoms with Crippen molar-refractivity contribution >= 4 is 5.57 Å². The minimum absolute atomic E-state index is 0.0635. The molecule has 0 saturated heterocycles. The van der Waals surface area contributed by atoms with Crippen molar-refractivity contribution in [1.82, 2.24) is 0 Å². The van der Waals surface area contributed by atoms with Gasteiger partial charge >= 0.3 is 6.18 Å². The first-order chi connectivity index (χ1) is 11.2. The Morgan fingerprint density at radius 1 is 0.958 bits per heavy atom. The molecule has 2 rings (SSSR count). The Balaban J connectivity index is 0.00000139. The molecule has 130 valence electrons. The number of ether oxygens (including phenoxy) is 1. The van der Waals surface area contributed by atoms with Crippen LogP contribution in [-0.4, -0.2) is 0 Å². The van der Waals surface area contributed by atoms with Crippen LogP contribution in [0.2, 0.25) is 0 Å². The van der Waals surface area contributed by atoms with Crippen molar-refractivity contribution in [3.8, 4) is 11.5 Å². The highest BCUT2D eigenvalue weighted by Gasteiger charge is 2.36. The van der Waals surface area contributed by atoms with Crippen molar-refractivity contribution in [2.75, 3.05) is 0 Å². The van der Waals surface area contributed by atoms with Crippen LogP contribution in [0.1, 0.15) is 43.0 Å². The summed E-state index contributed by atoms with van der Waals surface area (Å²) >= 11 is 0. The lowest BCUT2D eigenvalue weighted by Gasteiger charge is -2.19. The molecule has 0 aliphatic rings. The number of hydrogen-bond donors (Lipinski definition) is 0. The Morgan fingerprint density at radius 3 is 1.96 bits per heavy atom. The van der Waals surface area contributed by atoms with Gasteiger partial charge in [0.1, 0.15) is 11.5 Å². The first-order valence-corrected chi connectivity index (χ1v) is 7.81. The molecule has 2 aromatic rings. The highest BCUT2D eigenvalue weighted by atomic mass is 19.4. The van der Waals surface area contributed by atoms with E-state index in [-0.39, 0.29) is 16.9 Å². The van der Waals surface area contributed by atoms with Gasteiger partial charge in [0.05, 0.1) is 5.56 Å². The van der Waals surface area contributed by atoms with Crippen molar-refractivity contribution in [2.24, 2.45) is 0 Å². The fourth-order valence-corrected chi connectivity index (χ4v) is 2.26. The Morgan fingerprint density at radius 2 is 1.50 bits per heavy atom. The van der Waals surface area contributed by atoms with Gasteiger partial charge in [0.25, 0.3) is 0 Å². The average molecular weight is 336 g/mol. The molecule has 0 bridgehead atoms. The number of rotatable bonds is 3. The van der Waals surface area contributed by atoms with Gasteiger partial charge in [-0.25, -0.2) is 0 Å².